The molecule has 9 heteroatoms. The summed E-state index contributed by atoms with van der Waals surface area (Å²) in [5.74, 6) is 0.564. The minimum absolute atomic E-state index is 0.0156. The number of carbonyl (C=O) groups excluding carboxylic acids is 1. The quantitative estimate of drug-likeness (QED) is 0.701. The number of hydrogen-bond acceptors (Lipinski definition) is 8. The first-order valence-corrected chi connectivity index (χ1v) is 10.5. The second kappa shape index (κ2) is 8.56. The van der Waals surface area contributed by atoms with Crippen LogP contribution in [0.3, 0.4) is 0 Å². The molecule has 2 N–H and O–H groups in total. The summed E-state index contributed by atoms with van der Waals surface area (Å²) in [6, 6.07) is 1.64. The largest absolute Gasteiger partial charge is 0.493 e. The molecule has 1 aliphatic carbocycles. The minimum Gasteiger partial charge on any atom is -0.493 e. The maximum Gasteiger partial charge on any atom is 0.228 e. The summed E-state index contributed by atoms with van der Waals surface area (Å²) in [4.78, 5) is 25.1. The second-order valence-electron chi connectivity index (χ2n) is 8.11. The molecule has 0 amide bonds. The van der Waals surface area contributed by atoms with Gasteiger partial charge >= 0.3 is 0 Å². The SMILES string of the molecule is COc1cc2c(N)nc(N3CCN(C=CC(=O)C4CCC4)CC3C)nc2c(F)c1OC. The van der Waals surface area contributed by atoms with Gasteiger partial charge in [0.25, 0.3) is 0 Å². The van der Waals surface area contributed by atoms with Crippen LogP contribution in [0.5, 0.6) is 11.5 Å². The summed E-state index contributed by atoms with van der Waals surface area (Å²) in [7, 11) is 2.81. The molecule has 2 heterocycles. The zero-order valence-electron chi connectivity index (χ0n) is 18.1. The monoisotopic (exact) mass is 429 g/mol. The van der Waals surface area contributed by atoms with E-state index in [1.807, 2.05) is 18.0 Å². The van der Waals surface area contributed by atoms with Crippen LogP contribution in [0.4, 0.5) is 16.2 Å². The van der Waals surface area contributed by atoms with Crippen molar-refractivity contribution < 1.29 is 18.7 Å². The number of hydrogen-bond donors (Lipinski definition) is 1. The van der Waals surface area contributed by atoms with Gasteiger partial charge in [-0.3, -0.25) is 4.79 Å². The fourth-order valence-corrected chi connectivity index (χ4v) is 4.09. The average Bonchev–Trinajstić information content (AvgIpc) is 2.71. The van der Waals surface area contributed by atoms with Crippen LogP contribution in [0.2, 0.25) is 0 Å². The molecule has 0 radical (unpaired) electrons. The third-order valence-corrected chi connectivity index (χ3v) is 6.17. The summed E-state index contributed by atoms with van der Waals surface area (Å²) in [5.41, 5.74) is 6.25. The van der Waals surface area contributed by atoms with Gasteiger partial charge in [-0.1, -0.05) is 6.42 Å². The number of methoxy groups -OCH3 is 2. The molecule has 1 unspecified atom stereocenters. The van der Waals surface area contributed by atoms with Gasteiger partial charge in [-0.25, -0.2) is 9.37 Å². The van der Waals surface area contributed by atoms with Crippen molar-refractivity contribution in [3.8, 4) is 11.5 Å². The standard InChI is InChI=1S/C22H28FN5O3/c1-13-12-27(8-7-16(29)14-5-4-6-14)9-10-28(13)22-25-19-15(21(24)26-22)11-17(30-2)20(31-3)18(19)23/h7-8,11,13-14H,4-6,9-10,12H2,1-3H3,(H2,24,25,26). The molecular weight excluding hydrogens is 401 g/mol. The van der Waals surface area contributed by atoms with Crippen LogP contribution in [0, 0.1) is 11.7 Å². The molecule has 2 aromatic rings. The van der Waals surface area contributed by atoms with Crippen LogP contribution in [0.25, 0.3) is 10.9 Å². The van der Waals surface area contributed by atoms with Gasteiger partial charge in [-0.2, -0.15) is 4.98 Å². The summed E-state index contributed by atoms with van der Waals surface area (Å²) in [6.07, 6.45) is 6.74. The predicted octanol–water partition coefficient (Wildman–Crippen LogP) is 2.76. The number of fused-ring (bicyclic) bond motifs is 1. The first-order chi connectivity index (χ1) is 14.9. The van der Waals surface area contributed by atoms with E-state index < -0.39 is 5.82 Å². The van der Waals surface area contributed by atoms with Crippen molar-refractivity contribution in [1.82, 2.24) is 14.9 Å². The number of ketones is 1. The first kappa shape index (κ1) is 21.1. The number of piperazine rings is 1. The Labute approximate surface area is 180 Å². The van der Waals surface area contributed by atoms with E-state index in [0.29, 0.717) is 31.0 Å². The van der Waals surface area contributed by atoms with Gasteiger partial charge in [0.1, 0.15) is 11.3 Å². The smallest absolute Gasteiger partial charge is 0.228 e. The minimum atomic E-state index is -0.629. The Hall–Kier alpha value is -3.10. The molecule has 166 valence electrons. The number of nitrogens with zero attached hydrogens (tertiary/aromatic N) is 4. The van der Waals surface area contributed by atoms with Crippen molar-refractivity contribution in [3.05, 3.63) is 24.2 Å². The molecule has 1 aromatic heterocycles. The number of nitrogen functional groups attached to an aromatic ring is 1. The predicted molar refractivity (Wildman–Crippen MR) is 117 cm³/mol. The van der Waals surface area contributed by atoms with E-state index in [0.717, 1.165) is 19.3 Å². The summed E-state index contributed by atoms with van der Waals surface area (Å²) < 4.78 is 25.4. The van der Waals surface area contributed by atoms with Crippen molar-refractivity contribution in [3.63, 3.8) is 0 Å². The number of aromatic nitrogens is 2. The average molecular weight is 429 g/mol. The highest BCUT2D eigenvalue weighted by Gasteiger charge is 2.27. The fourth-order valence-electron chi connectivity index (χ4n) is 4.09. The van der Waals surface area contributed by atoms with E-state index in [9.17, 15) is 4.79 Å². The van der Waals surface area contributed by atoms with E-state index in [1.165, 1.54) is 14.2 Å². The van der Waals surface area contributed by atoms with E-state index in [4.69, 9.17) is 15.2 Å². The molecular formula is C22H28FN5O3. The van der Waals surface area contributed by atoms with Crippen LogP contribution in [-0.2, 0) is 4.79 Å². The van der Waals surface area contributed by atoms with Gasteiger partial charge in [0.15, 0.2) is 23.1 Å². The molecule has 4 rings (SSSR count). The summed E-state index contributed by atoms with van der Waals surface area (Å²) in [5, 5.41) is 0.377. The zero-order valence-corrected chi connectivity index (χ0v) is 18.1. The van der Waals surface area contributed by atoms with Crippen LogP contribution >= 0.6 is 0 Å². The molecule has 2 aliphatic rings. The van der Waals surface area contributed by atoms with Crippen LogP contribution in [-0.4, -0.2) is 60.5 Å². The number of rotatable bonds is 6. The van der Waals surface area contributed by atoms with Gasteiger partial charge in [-0.15, -0.1) is 0 Å². The molecule has 8 nitrogen and oxygen atoms in total. The second-order valence-corrected chi connectivity index (χ2v) is 8.11. The fraction of sp³-hybridized carbons (Fsp3) is 0.500. The van der Waals surface area contributed by atoms with Gasteiger partial charge in [0, 0.05) is 43.2 Å². The van der Waals surface area contributed by atoms with Crippen LogP contribution < -0.4 is 20.1 Å². The van der Waals surface area contributed by atoms with E-state index in [1.54, 1.807) is 12.1 Å². The molecule has 1 aromatic carbocycles. The maximum atomic E-state index is 15.1. The molecule has 0 bridgehead atoms. The Morgan fingerprint density at radius 3 is 2.65 bits per heavy atom. The van der Waals surface area contributed by atoms with E-state index in [-0.39, 0.29) is 40.6 Å². The van der Waals surface area contributed by atoms with Crippen molar-refractivity contribution in [2.75, 3.05) is 44.5 Å². The Kier molecular flexibility index (Phi) is 5.84. The third-order valence-electron chi connectivity index (χ3n) is 6.17. The maximum absolute atomic E-state index is 15.1. The third kappa shape index (κ3) is 3.96. The number of anilines is 2. The molecule has 0 spiro atoms. The van der Waals surface area contributed by atoms with Crippen LogP contribution in [0.15, 0.2) is 18.3 Å². The summed E-state index contributed by atoms with van der Waals surface area (Å²) >= 11 is 0. The first-order valence-electron chi connectivity index (χ1n) is 10.5. The lowest BCUT2D eigenvalue weighted by Crippen LogP contribution is -2.51. The number of halogens is 1. The van der Waals surface area contributed by atoms with Crippen molar-refractivity contribution >= 4 is 28.5 Å². The number of allylic oxidation sites excluding steroid dienone is 1. The van der Waals surface area contributed by atoms with E-state index >= 15 is 4.39 Å². The molecule has 2 fully saturated rings. The highest BCUT2D eigenvalue weighted by atomic mass is 19.1. The zero-order chi connectivity index (χ0) is 22.1. The Balaban J connectivity index is 1.55. The van der Waals surface area contributed by atoms with Crippen molar-refractivity contribution in [2.45, 2.75) is 32.2 Å². The molecule has 1 saturated carbocycles. The van der Waals surface area contributed by atoms with Crippen molar-refractivity contribution in [1.29, 1.82) is 0 Å². The molecule has 1 atom stereocenters. The number of benzene rings is 1. The van der Waals surface area contributed by atoms with Gasteiger partial charge in [0.05, 0.1) is 14.2 Å². The number of ether oxygens (including phenoxy) is 2. The number of nitrogens with two attached hydrogens (primary N) is 1. The molecule has 1 saturated heterocycles. The Bertz CT molecular complexity index is 1020. The lowest BCUT2D eigenvalue weighted by Gasteiger charge is -2.39. The summed E-state index contributed by atoms with van der Waals surface area (Å²) in [6.45, 7) is 4.07. The topological polar surface area (TPSA) is 93.8 Å². The van der Waals surface area contributed by atoms with Crippen molar-refractivity contribution in [2.24, 2.45) is 5.92 Å². The molecule has 1 aliphatic heterocycles. The van der Waals surface area contributed by atoms with Gasteiger partial charge in [-0.05, 0) is 31.9 Å². The normalized spacial score (nSPS) is 19.7. The Morgan fingerprint density at radius 2 is 2.03 bits per heavy atom. The van der Waals surface area contributed by atoms with Gasteiger partial charge < -0.3 is 25.0 Å². The number of carbonyl (C=O) groups is 1. The lowest BCUT2D eigenvalue weighted by atomic mass is 9.82. The lowest BCUT2D eigenvalue weighted by molar-refractivity contribution is -0.120. The van der Waals surface area contributed by atoms with Crippen LogP contribution in [0.1, 0.15) is 26.2 Å². The van der Waals surface area contributed by atoms with E-state index in [2.05, 4.69) is 14.9 Å². The highest BCUT2D eigenvalue weighted by Crippen LogP contribution is 2.37. The highest BCUT2D eigenvalue weighted by molar-refractivity contribution is 5.93. The van der Waals surface area contributed by atoms with Gasteiger partial charge in [0.2, 0.25) is 5.95 Å². The Morgan fingerprint density at radius 1 is 1.26 bits per heavy atom. The molecule has 31 heavy (non-hydrogen) atoms.